The van der Waals surface area contributed by atoms with Gasteiger partial charge in [0, 0.05) is 26.6 Å². The predicted octanol–water partition coefficient (Wildman–Crippen LogP) is 3.45. The number of hydrogen-bond acceptors (Lipinski definition) is 3. The maximum absolute atomic E-state index is 12.9. The zero-order valence-corrected chi connectivity index (χ0v) is 17.5. The fourth-order valence-corrected chi connectivity index (χ4v) is 3.68. The molecular formula is C21H27FN2O3S. The van der Waals surface area contributed by atoms with E-state index in [0.29, 0.717) is 6.54 Å². The number of carbonyl (C=O) groups excluding carboxylic acids is 1. The average molecular weight is 407 g/mol. The van der Waals surface area contributed by atoms with Gasteiger partial charge >= 0.3 is 0 Å². The summed E-state index contributed by atoms with van der Waals surface area (Å²) in [7, 11) is -2.04. The van der Waals surface area contributed by atoms with Crippen LogP contribution >= 0.6 is 0 Å². The zero-order valence-electron chi connectivity index (χ0n) is 16.7. The van der Waals surface area contributed by atoms with Crippen molar-refractivity contribution < 1.29 is 17.6 Å². The summed E-state index contributed by atoms with van der Waals surface area (Å²) in [5, 5.41) is 0. The minimum atomic E-state index is -3.67. The molecule has 1 N–H and O–H groups in total. The van der Waals surface area contributed by atoms with Crippen LogP contribution in [0.4, 0.5) is 4.39 Å². The molecule has 0 saturated heterocycles. The maximum Gasteiger partial charge on any atom is 0.240 e. The third kappa shape index (κ3) is 6.14. The zero-order chi connectivity index (χ0) is 20.9. The highest BCUT2D eigenvalue weighted by molar-refractivity contribution is 7.89. The van der Waals surface area contributed by atoms with Crippen LogP contribution in [0.3, 0.4) is 0 Å². The van der Waals surface area contributed by atoms with Gasteiger partial charge in [0.2, 0.25) is 15.9 Å². The number of benzene rings is 2. The van der Waals surface area contributed by atoms with Crippen LogP contribution in [-0.2, 0) is 26.8 Å². The van der Waals surface area contributed by atoms with Gasteiger partial charge in [0.25, 0.3) is 0 Å². The average Bonchev–Trinajstić information content (AvgIpc) is 2.62. The second kappa shape index (κ2) is 8.84. The maximum atomic E-state index is 12.9. The molecule has 2 rings (SSSR count). The molecule has 5 nitrogen and oxygen atoms in total. The molecule has 0 atom stereocenters. The van der Waals surface area contributed by atoms with E-state index in [1.54, 1.807) is 43.4 Å². The summed E-state index contributed by atoms with van der Waals surface area (Å²) in [6.07, 6.45) is 0.0387. The largest absolute Gasteiger partial charge is 0.341 e. The first kappa shape index (κ1) is 22.0. The van der Waals surface area contributed by atoms with Crippen LogP contribution in [0.15, 0.2) is 53.4 Å². The monoisotopic (exact) mass is 406 g/mol. The van der Waals surface area contributed by atoms with Gasteiger partial charge in [-0.05, 0) is 40.8 Å². The summed E-state index contributed by atoms with van der Waals surface area (Å²) in [6, 6.07) is 12.7. The molecule has 2 aromatic carbocycles. The highest BCUT2D eigenvalue weighted by atomic mass is 32.2. The molecule has 0 spiro atoms. The second-order valence-electron chi connectivity index (χ2n) is 7.80. The molecule has 7 heteroatoms. The third-order valence-corrected chi connectivity index (χ3v) is 5.90. The topological polar surface area (TPSA) is 66.5 Å². The van der Waals surface area contributed by atoms with Crippen molar-refractivity contribution in [1.82, 2.24) is 9.62 Å². The van der Waals surface area contributed by atoms with Gasteiger partial charge in [0.15, 0.2) is 0 Å². The van der Waals surface area contributed by atoms with E-state index in [-0.39, 0.29) is 35.0 Å². The van der Waals surface area contributed by atoms with E-state index in [0.717, 1.165) is 11.1 Å². The molecule has 0 fully saturated rings. The summed E-state index contributed by atoms with van der Waals surface area (Å²) in [5.41, 5.74) is 1.79. The normalized spacial score (nSPS) is 12.0. The Morgan fingerprint density at radius 3 is 2.14 bits per heavy atom. The lowest BCUT2D eigenvalue weighted by Crippen LogP contribution is -2.32. The highest BCUT2D eigenvalue weighted by Crippen LogP contribution is 2.23. The lowest BCUT2D eigenvalue weighted by Gasteiger charge is -2.19. The van der Waals surface area contributed by atoms with E-state index in [4.69, 9.17) is 0 Å². The van der Waals surface area contributed by atoms with E-state index in [2.05, 4.69) is 25.5 Å². The van der Waals surface area contributed by atoms with Crippen molar-refractivity contribution in [2.24, 2.45) is 0 Å². The number of amides is 1. The minimum Gasteiger partial charge on any atom is -0.341 e. The van der Waals surface area contributed by atoms with E-state index in [1.165, 1.54) is 17.0 Å². The first-order chi connectivity index (χ1) is 13.0. The molecule has 0 aromatic heterocycles. The molecule has 28 heavy (non-hydrogen) atoms. The van der Waals surface area contributed by atoms with Gasteiger partial charge < -0.3 is 4.90 Å². The van der Waals surface area contributed by atoms with E-state index >= 15 is 0 Å². The van der Waals surface area contributed by atoms with Crippen molar-refractivity contribution >= 4 is 15.9 Å². The number of rotatable bonds is 7. The fraction of sp³-hybridized carbons (Fsp3) is 0.381. The van der Waals surface area contributed by atoms with Gasteiger partial charge in [0.05, 0.1) is 4.90 Å². The number of sulfonamides is 1. The predicted molar refractivity (Wildman–Crippen MR) is 108 cm³/mol. The van der Waals surface area contributed by atoms with Gasteiger partial charge in [-0.25, -0.2) is 17.5 Å². The van der Waals surface area contributed by atoms with Crippen molar-refractivity contribution in [3.05, 3.63) is 65.5 Å². The number of nitrogens with zero attached hydrogens (tertiary/aromatic N) is 1. The van der Waals surface area contributed by atoms with Crippen LogP contribution < -0.4 is 4.72 Å². The Labute approximate surface area is 166 Å². The molecule has 0 aliphatic carbocycles. The summed E-state index contributed by atoms with van der Waals surface area (Å²) >= 11 is 0. The molecule has 0 bridgehead atoms. The highest BCUT2D eigenvalue weighted by Gasteiger charge is 2.18. The van der Waals surface area contributed by atoms with E-state index in [9.17, 15) is 17.6 Å². The Hall–Kier alpha value is -2.25. The second-order valence-corrected chi connectivity index (χ2v) is 9.57. The summed E-state index contributed by atoms with van der Waals surface area (Å²) in [6.45, 7) is 6.52. The molecule has 152 valence electrons. The van der Waals surface area contributed by atoms with E-state index < -0.39 is 10.0 Å². The Morgan fingerprint density at radius 1 is 1.04 bits per heavy atom. The molecule has 0 unspecified atom stereocenters. The van der Waals surface area contributed by atoms with Crippen molar-refractivity contribution in [3.8, 4) is 0 Å². The van der Waals surface area contributed by atoms with Crippen molar-refractivity contribution in [1.29, 1.82) is 0 Å². The van der Waals surface area contributed by atoms with Crippen LogP contribution in [0, 0.1) is 5.82 Å². The number of carbonyl (C=O) groups is 1. The molecule has 0 aliphatic rings. The van der Waals surface area contributed by atoms with Gasteiger partial charge in [-0.3, -0.25) is 4.79 Å². The number of halogens is 1. The van der Waals surface area contributed by atoms with E-state index in [1.807, 2.05) is 0 Å². The van der Waals surface area contributed by atoms with Crippen molar-refractivity contribution in [2.45, 2.75) is 44.0 Å². The molecule has 0 radical (unpaired) electrons. The minimum absolute atomic E-state index is 0.00987. The van der Waals surface area contributed by atoms with Crippen LogP contribution in [0.5, 0.6) is 0 Å². The van der Waals surface area contributed by atoms with Crippen LogP contribution in [-0.4, -0.2) is 32.8 Å². The van der Waals surface area contributed by atoms with Crippen LogP contribution in [0.2, 0.25) is 0 Å². The van der Waals surface area contributed by atoms with Gasteiger partial charge in [0.1, 0.15) is 5.82 Å². The Morgan fingerprint density at radius 2 is 1.61 bits per heavy atom. The molecular weight excluding hydrogens is 379 g/mol. The summed E-state index contributed by atoms with van der Waals surface area (Å²) < 4.78 is 40.2. The number of nitrogens with one attached hydrogen (secondary N) is 1. The summed E-state index contributed by atoms with van der Waals surface area (Å²) in [4.78, 5) is 13.9. The lowest BCUT2D eigenvalue weighted by molar-refractivity contribution is -0.130. The van der Waals surface area contributed by atoms with Crippen LogP contribution in [0.1, 0.15) is 38.3 Å². The Balaban J connectivity index is 1.88. The fourth-order valence-electron chi connectivity index (χ4n) is 2.65. The van der Waals surface area contributed by atoms with Gasteiger partial charge in [-0.2, -0.15) is 0 Å². The van der Waals surface area contributed by atoms with Crippen molar-refractivity contribution in [2.75, 3.05) is 13.6 Å². The Bertz CT molecular complexity index is 902. The molecule has 0 heterocycles. The first-order valence-electron chi connectivity index (χ1n) is 9.08. The smallest absolute Gasteiger partial charge is 0.240 e. The quantitative estimate of drug-likeness (QED) is 0.766. The standard InChI is InChI=1S/C21H27FN2O3S/c1-21(2,3)17-7-11-19(12-8-17)28(26,27)23-14-13-20(25)24(4)15-16-5-9-18(22)10-6-16/h5-12,23H,13-15H2,1-4H3. The number of hydrogen-bond donors (Lipinski definition) is 1. The van der Waals surface area contributed by atoms with Crippen molar-refractivity contribution in [3.63, 3.8) is 0 Å². The Kier molecular flexibility index (Phi) is 6.96. The molecule has 0 saturated carbocycles. The first-order valence-corrected chi connectivity index (χ1v) is 10.6. The third-order valence-electron chi connectivity index (χ3n) is 4.42. The van der Waals surface area contributed by atoms with Gasteiger partial charge in [-0.1, -0.05) is 45.0 Å². The lowest BCUT2D eigenvalue weighted by atomic mass is 9.87. The molecule has 2 aromatic rings. The van der Waals surface area contributed by atoms with Gasteiger partial charge in [-0.15, -0.1) is 0 Å². The molecule has 1 amide bonds. The molecule has 0 aliphatic heterocycles. The van der Waals surface area contributed by atoms with Crippen LogP contribution in [0.25, 0.3) is 0 Å². The SMILES string of the molecule is CN(Cc1ccc(F)cc1)C(=O)CCNS(=O)(=O)c1ccc(C(C)(C)C)cc1. The summed E-state index contributed by atoms with van der Waals surface area (Å²) in [5.74, 6) is -0.530.